The van der Waals surface area contributed by atoms with Gasteiger partial charge in [-0.05, 0) is 133 Å². The molecule has 0 saturated carbocycles. The Kier molecular flexibility index (Phi) is 7.07. The van der Waals surface area contributed by atoms with E-state index in [4.69, 9.17) is 4.98 Å². The summed E-state index contributed by atoms with van der Waals surface area (Å²) >= 11 is 0. The third-order valence-electron chi connectivity index (χ3n) is 13.5. The topological polar surface area (TPSA) is 21.1 Å². The minimum absolute atomic E-state index is 0.0803. The van der Waals surface area contributed by atoms with E-state index in [9.17, 15) is 0 Å². The smallest absolute Gasteiger partial charge is 0.0949 e. The van der Waals surface area contributed by atoms with Gasteiger partial charge in [0.2, 0.25) is 0 Å². The van der Waals surface area contributed by atoms with Gasteiger partial charge in [0.05, 0.1) is 16.6 Å². The second-order valence-corrected chi connectivity index (χ2v) is 17.1. The van der Waals surface area contributed by atoms with Crippen LogP contribution in [0.1, 0.15) is 25.0 Å². The summed E-state index contributed by atoms with van der Waals surface area (Å²) in [6.07, 6.45) is 1.93. The minimum atomic E-state index is -0.0803. The lowest BCUT2D eigenvalue weighted by Crippen LogP contribution is -2.16. The van der Waals surface area contributed by atoms with E-state index in [1.165, 1.54) is 82.7 Å². The van der Waals surface area contributed by atoms with Crippen LogP contribution in [0.5, 0.6) is 0 Å². The summed E-state index contributed by atoms with van der Waals surface area (Å²) in [4.78, 5) is 7.44. The lowest BCUT2D eigenvalue weighted by Gasteiger charge is -2.28. The molecule has 11 aromatic rings. The molecular formula is C58H39N3. The molecule has 0 saturated heterocycles. The fraction of sp³-hybridized carbons (Fsp3) is 0.0517. The van der Waals surface area contributed by atoms with Crippen molar-refractivity contribution in [2.75, 3.05) is 4.90 Å². The van der Waals surface area contributed by atoms with Gasteiger partial charge in [-0.25, -0.2) is 0 Å². The largest absolute Gasteiger partial charge is 0.310 e. The molecule has 286 valence electrons. The molecule has 61 heavy (non-hydrogen) atoms. The number of nitrogens with zero attached hydrogens (tertiary/aromatic N) is 3. The highest BCUT2D eigenvalue weighted by atomic mass is 15.1. The summed E-state index contributed by atoms with van der Waals surface area (Å²) in [7, 11) is 0. The van der Waals surface area contributed by atoms with E-state index in [0.29, 0.717) is 0 Å². The molecular weight excluding hydrogens is 739 g/mol. The molecule has 0 spiro atoms. The Morgan fingerprint density at radius 3 is 1.87 bits per heavy atom. The van der Waals surface area contributed by atoms with Gasteiger partial charge in [0.25, 0.3) is 0 Å². The van der Waals surface area contributed by atoms with E-state index in [1.807, 2.05) is 12.3 Å². The molecule has 0 fully saturated rings. The fourth-order valence-electron chi connectivity index (χ4n) is 10.7. The molecule has 2 heterocycles. The Labute approximate surface area is 354 Å². The van der Waals surface area contributed by atoms with Crippen LogP contribution in [-0.4, -0.2) is 9.55 Å². The van der Waals surface area contributed by atoms with E-state index in [2.05, 4.69) is 211 Å². The van der Waals surface area contributed by atoms with Gasteiger partial charge in [0, 0.05) is 50.5 Å². The quantitative estimate of drug-likeness (QED) is 0.174. The lowest BCUT2D eigenvalue weighted by atomic mass is 9.82. The molecule has 9 aromatic carbocycles. The number of hydrogen-bond acceptors (Lipinski definition) is 2. The molecule has 3 nitrogen and oxygen atoms in total. The average Bonchev–Trinajstić information content (AvgIpc) is 3.74. The predicted octanol–water partition coefficient (Wildman–Crippen LogP) is 15.6. The first-order valence-electron chi connectivity index (χ1n) is 21.2. The van der Waals surface area contributed by atoms with Crippen molar-refractivity contribution in [3.63, 3.8) is 0 Å². The van der Waals surface area contributed by atoms with Crippen molar-refractivity contribution in [2.45, 2.75) is 19.3 Å². The van der Waals surface area contributed by atoms with Gasteiger partial charge in [0.15, 0.2) is 0 Å². The standard InChI is InChI=1S/C58H39N3/c1-58(2)50-20-9-8-18-46(50)47-31-30-43(35-51(47)58)60(40-14-4-3-5-15-40)41-26-21-36(22-27-41)37-23-28-42(29-24-37)61-52-32-25-38-12-10-19-48-44-16-6-7-17-45(44)49-34-39-13-11-33-59-56(39)57(61)54(49)55(52)53(38)48/h3-35H,1-2H3. The van der Waals surface area contributed by atoms with Gasteiger partial charge in [0.1, 0.15) is 0 Å². The number of para-hydroxylation sites is 1. The summed E-state index contributed by atoms with van der Waals surface area (Å²) in [6.45, 7) is 4.70. The van der Waals surface area contributed by atoms with Gasteiger partial charge in [-0.1, -0.05) is 141 Å². The minimum Gasteiger partial charge on any atom is -0.310 e. The van der Waals surface area contributed by atoms with Crippen LogP contribution in [0.2, 0.25) is 0 Å². The first-order chi connectivity index (χ1) is 30.0. The predicted molar refractivity (Wildman–Crippen MR) is 256 cm³/mol. The number of hydrogen-bond donors (Lipinski definition) is 0. The molecule has 2 aromatic heterocycles. The fourth-order valence-corrected chi connectivity index (χ4v) is 10.7. The van der Waals surface area contributed by atoms with E-state index in [0.717, 1.165) is 39.2 Å². The summed E-state index contributed by atoms with van der Waals surface area (Å²) in [5, 5.41) is 6.26. The molecule has 13 rings (SSSR count). The number of pyridine rings is 1. The van der Waals surface area contributed by atoms with Crippen LogP contribution in [-0.2, 0) is 5.41 Å². The van der Waals surface area contributed by atoms with Gasteiger partial charge in [-0.2, -0.15) is 0 Å². The Balaban J connectivity index is 0.931. The molecule has 0 unspecified atom stereocenters. The van der Waals surface area contributed by atoms with Crippen LogP contribution < -0.4 is 4.90 Å². The van der Waals surface area contributed by atoms with Crippen molar-refractivity contribution < 1.29 is 0 Å². The number of aromatic nitrogens is 2. The third kappa shape index (κ3) is 4.83. The summed E-state index contributed by atoms with van der Waals surface area (Å²) < 4.78 is 2.45. The molecule has 2 aliphatic carbocycles. The van der Waals surface area contributed by atoms with Gasteiger partial charge >= 0.3 is 0 Å². The number of anilines is 3. The first kappa shape index (κ1) is 34.1. The molecule has 0 radical (unpaired) electrons. The van der Waals surface area contributed by atoms with Crippen LogP contribution >= 0.6 is 0 Å². The highest BCUT2D eigenvalue weighted by molar-refractivity contribution is 6.33. The lowest BCUT2D eigenvalue weighted by molar-refractivity contribution is 0.660. The molecule has 0 amide bonds. The zero-order chi connectivity index (χ0) is 40.4. The third-order valence-corrected chi connectivity index (χ3v) is 13.5. The van der Waals surface area contributed by atoms with E-state index in [1.54, 1.807) is 0 Å². The Morgan fingerprint density at radius 2 is 1.07 bits per heavy atom. The molecule has 0 N–H and O–H groups in total. The van der Waals surface area contributed by atoms with Crippen LogP contribution in [0.25, 0.3) is 93.7 Å². The van der Waals surface area contributed by atoms with E-state index < -0.39 is 0 Å². The summed E-state index contributed by atoms with van der Waals surface area (Å²) in [6, 6.07) is 71.5. The van der Waals surface area contributed by atoms with Crippen LogP contribution in [0.3, 0.4) is 0 Å². The second-order valence-electron chi connectivity index (χ2n) is 17.1. The van der Waals surface area contributed by atoms with Crippen molar-refractivity contribution in [1.82, 2.24) is 9.55 Å². The summed E-state index contributed by atoms with van der Waals surface area (Å²) in [5.74, 6) is 0. The molecule has 0 atom stereocenters. The molecule has 3 heteroatoms. The van der Waals surface area contributed by atoms with Crippen molar-refractivity contribution >= 4 is 60.5 Å². The zero-order valence-corrected chi connectivity index (χ0v) is 33.9. The summed E-state index contributed by atoms with van der Waals surface area (Å²) in [5.41, 5.74) is 20.6. The number of benzene rings is 9. The highest BCUT2D eigenvalue weighted by Gasteiger charge is 2.36. The average molecular weight is 778 g/mol. The maximum absolute atomic E-state index is 5.06. The Hall–Kier alpha value is -7.75. The second kappa shape index (κ2) is 12.6. The normalized spacial score (nSPS) is 13.2. The SMILES string of the molecule is CC1(C)c2ccccc2-c2ccc(N(c3ccccc3)c3ccc(-c4ccc(-n5c6ccc7cccc8c7c6c6c(cc7cccnc7c65)-c5ccccc5-8)cc4)cc3)cc21. The molecule has 0 bridgehead atoms. The monoisotopic (exact) mass is 777 g/mol. The Morgan fingerprint density at radius 1 is 0.426 bits per heavy atom. The maximum Gasteiger partial charge on any atom is 0.0949 e. The number of fused-ring (bicyclic) bond motifs is 8. The zero-order valence-electron chi connectivity index (χ0n) is 33.9. The van der Waals surface area contributed by atoms with Crippen molar-refractivity contribution in [3.8, 4) is 50.2 Å². The molecule has 0 aliphatic heterocycles. The molecule has 2 aliphatic rings. The van der Waals surface area contributed by atoms with Crippen LogP contribution in [0, 0.1) is 0 Å². The van der Waals surface area contributed by atoms with E-state index in [-0.39, 0.29) is 5.41 Å². The first-order valence-corrected chi connectivity index (χ1v) is 21.2. The van der Waals surface area contributed by atoms with E-state index >= 15 is 0 Å². The van der Waals surface area contributed by atoms with Gasteiger partial charge < -0.3 is 9.47 Å². The van der Waals surface area contributed by atoms with Crippen LogP contribution in [0.15, 0.2) is 200 Å². The highest BCUT2D eigenvalue weighted by Crippen LogP contribution is 2.52. The van der Waals surface area contributed by atoms with Gasteiger partial charge in [-0.15, -0.1) is 0 Å². The maximum atomic E-state index is 5.06. The van der Waals surface area contributed by atoms with Gasteiger partial charge in [-0.3, -0.25) is 4.98 Å². The number of rotatable bonds is 5. The van der Waals surface area contributed by atoms with Crippen molar-refractivity contribution in [2.24, 2.45) is 0 Å². The Bertz CT molecular complexity index is 3590. The van der Waals surface area contributed by atoms with Crippen molar-refractivity contribution in [1.29, 1.82) is 0 Å². The van der Waals surface area contributed by atoms with Crippen LogP contribution in [0.4, 0.5) is 17.1 Å². The van der Waals surface area contributed by atoms with Crippen molar-refractivity contribution in [3.05, 3.63) is 211 Å².